The number of amides is 1. The van der Waals surface area contributed by atoms with Crippen LogP contribution in [-0.2, 0) is 10.3 Å². The van der Waals surface area contributed by atoms with Gasteiger partial charge in [0, 0.05) is 6.04 Å². The van der Waals surface area contributed by atoms with Gasteiger partial charge in [0.05, 0.1) is 0 Å². The molecule has 3 heteroatoms. The van der Waals surface area contributed by atoms with E-state index in [1.165, 1.54) is 12.8 Å². The van der Waals surface area contributed by atoms with Crippen LogP contribution in [0.25, 0.3) is 0 Å². The van der Waals surface area contributed by atoms with Gasteiger partial charge < -0.3 is 11.1 Å². The Hall–Kier alpha value is -1.35. The lowest BCUT2D eigenvalue weighted by atomic mass is 9.90. The molecule has 1 aliphatic rings. The van der Waals surface area contributed by atoms with E-state index in [1.807, 2.05) is 30.3 Å². The van der Waals surface area contributed by atoms with Crippen LogP contribution in [0.2, 0.25) is 0 Å². The Morgan fingerprint density at radius 3 is 2.55 bits per heavy atom. The molecule has 0 spiro atoms. The minimum Gasteiger partial charge on any atom is -0.351 e. The third-order valence-corrected chi connectivity index (χ3v) is 4.91. The summed E-state index contributed by atoms with van der Waals surface area (Å²) >= 11 is 0. The summed E-state index contributed by atoms with van der Waals surface area (Å²) in [5, 5.41) is 3.17. The molecule has 1 aromatic carbocycles. The summed E-state index contributed by atoms with van der Waals surface area (Å²) in [7, 11) is 0. The van der Waals surface area contributed by atoms with Gasteiger partial charge in [-0.25, -0.2) is 0 Å². The van der Waals surface area contributed by atoms with Crippen LogP contribution in [0.4, 0.5) is 0 Å². The number of nitrogens with two attached hydrogens (primary N) is 1. The fraction of sp³-hybridized carbons (Fsp3) is 0.588. The number of carbonyl (C=O) groups excluding carboxylic acids is 1. The first-order valence-corrected chi connectivity index (χ1v) is 7.62. The van der Waals surface area contributed by atoms with E-state index in [4.69, 9.17) is 5.73 Å². The normalized spacial score (nSPS) is 28.9. The maximum Gasteiger partial charge on any atom is 0.244 e. The van der Waals surface area contributed by atoms with Crippen molar-refractivity contribution < 1.29 is 4.79 Å². The van der Waals surface area contributed by atoms with E-state index in [0.717, 1.165) is 17.9 Å². The minimum atomic E-state index is -0.967. The summed E-state index contributed by atoms with van der Waals surface area (Å²) in [5.74, 6) is 1.19. The zero-order valence-electron chi connectivity index (χ0n) is 12.7. The van der Waals surface area contributed by atoms with E-state index in [0.29, 0.717) is 5.92 Å². The van der Waals surface area contributed by atoms with Crippen molar-refractivity contribution in [2.45, 2.75) is 51.6 Å². The highest BCUT2D eigenvalue weighted by atomic mass is 16.2. The lowest BCUT2D eigenvalue weighted by Crippen LogP contribution is -2.52. The molecule has 1 fully saturated rings. The highest BCUT2D eigenvalue weighted by molar-refractivity contribution is 5.87. The highest BCUT2D eigenvalue weighted by Gasteiger charge is 2.37. The first-order chi connectivity index (χ1) is 9.46. The number of hydrogen-bond acceptors (Lipinski definition) is 2. The van der Waals surface area contributed by atoms with Gasteiger partial charge in [0.2, 0.25) is 5.91 Å². The van der Waals surface area contributed by atoms with Crippen molar-refractivity contribution in [3.05, 3.63) is 35.9 Å². The van der Waals surface area contributed by atoms with Crippen LogP contribution in [-0.4, -0.2) is 11.9 Å². The molecule has 1 amide bonds. The average Bonchev–Trinajstić information content (AvgIpc) is 2.80. The van der Waals surface area contributed by atoms with Crippen LogP contribution in [0.3, 0.4) is 0 Å². The third kappa shape index (κ3) is 2.88. The topological polar surface area (TPSA) is 55.1 Å². The molecular formula is C17H26N2O. The molecule has 4 unspecified atom stereocenters. The van der Waals surface area contributed by atoms with Gasteiger partial charge in [-0.15, -0.1) is 0 Å². The Morgan fingerprint density at radius 1 is 1.35 bits per heavy atom. The summed E-state index contributed by atoms with van der Waals surface area (Å²) in [6.07, 6.45) is 3.46. The van der Waals surface area contributed by atoms with Crippen molar-refractivity contribution in [3.8, 4) is 0 Å². The van der Waals surface area contributed by atoms with Crippen molar-refractivity contribution in [2.75, 3.05) is 0 Å². The van der Waals surface area contributed by atoms with E-state index in [2.05, 4.69) is 19.2 Å². The molecule has 0 heterocycles. The molecule has 4 atom stereocenters. The monoisotopic (exact) mass is 274 g/mol. The second kappa shape index (κ2) is 5.96. The van der Waals surface area contributed by atoms with Gasteiger partial charge in [-0.1, -0.05) is 50.6 Å². The van der Waals surface area contributed by atoms with E-state index in [9.17, 15) is 4.79 Å². The molecule has 110 valence electrons. The van der Waals surface area contributed by atoms with Gasteiger partial charge in [-0.2, -0.15) is 0 Å². The number of nitrogens with one attached hydrogen (secondary N) is 1. The first kappa shape index (κ1) is 15.0. The number of carbonyl (C=O) groups is 1. The lowest BCUT2D eigenvalue weighted by Gasteiger charge is -2.28. The smallest absolute Gasteiger partial charge is 0.244 e. The van der Waals surface area contributed by atoms with Crippen molar-refractivity contribution in [1.82, 2.24) is 5.32 Å². The fourth-order valence-electron chi connectivity index (χ4n) is 3.26. The average molecular weight is 274 g/mol. The molecule has 20 heavy (non-hydrogen) atoms. The molecule has 0 bridgehead atoms. The SMILES string of the molecule is CCC1CCC(NC(=O)C(C)(N)c2ccccc2)C1C. The maximum absolute atomic E-state index is 12.5. The molecule has 0 radical (unpaired) electrons. The zero-order chi connectivity index (χ0) is 14.8. The molecule has 1 saturated carbocycles. The largest absolute Gasteiger partial charge is 0.351 e. The molecule has 2 rings (SSSR count). The van der Waals surface area contributed by atoms with Gasteiger partial charge in [-0.3, -0.25) is 4.79 Å². The van der Waals surface area contributed by atoms with E-state index in [-0.39, 0.29) is 11.9 Å². The molecule has 0 saturated heterocycles. The predicted molar refractivity (Wildman–Crippen MR) is 82.1 cm³/mol. The van der Waals surface area contributed by atoms with E-state index < -0.39 is 5.54 Å². The first-order valence-electron chi connectivity index (χ1n) is 7.62. The van der Waals surface area contributed by atoms with Crippen LogP contribution >= 0.6 is 0 Å². The predicted octanol–water partition coefficient (Wildman–Crippen LogP) is 2.80. The van der Waals surface area contributed by atoms with Gasteiger partial charge in [-0.05, 0) is 37.2 Å². The fourth-order valence-corrected chi connectivity index (χ4v) is 3.26. The van der Waals surface area contributed by atoms with Crippen LogP contribution in [0.1, 0.15) is 45.6 Å². The molecule has 1 aliphatic carbocycles. The lowest BCUT2D eigenvalue weighted by molar-refractivity contribution is -0.127. The summed E-state index contributed by atoms with van der Waals surface area (Å²) in [4.78, 5) is 12.5. The Kier molecular flexibility index (Phi) is 4.48. The standard InChI is InChI=1S/C17H26N2O/c1-4-13-10-11-15(12(13)2)19-16(20)17(3,18)14-8-6-5-7-9-14/h5-9,12-13,15H,4,10-11,18H2,1-3H3,(H,19,20). The Morgan fingerprint density at radius 2 is 2.00 bits per heavy atom. The van der Waals surface area contributed by atoms with Gasteiger partial charge in [0.15, 0.2) is 0 Å². The van der Waals surface area contributed by atoms with Crippen molar-refractivity contribution >= 4 is 5.91 Å². The van der Waals surface area contributed by atoms with Crippen molar-refractivity contribution in [2.24, 2.45) is 17.6 Å². The van der Waals surface area contributed by atoms with E-state index in [1.54, 1.807) is 6.92 Å². The quantitative estimate of drug-likeness (QED) is 0.887. The maximum atomic E-state index is 12.5. The molecule has 0 aromatic heterocycles. The van der Waals surface area contributed by atoms with Gasteiger partial charge in [0.25, 0.3) is 0 Å². The Labute approximate surface area is 121 Å². The molecule has 1 aromatic rings. The summed E-state index contributed by atoms with van der Waals surface area (Å²) in [5.41, 5.74) is 6.15. The minimum absolute atomic E-state index is 0.0719. The number of benzene rings is 1. The second-order valence-corrected chi connectivity index (χ2v) is 6.25. The third-order valence-electron chi connectivity index (χ3n) is 4.91. The molecule has 3 N–H and O–H groups in total. The number of rotatable bonds is 4. The van der Waals surface area contributed by atoms with Crippen LogP contribution < -0.4 is 11.1 Å². The van der Waals surface area contributed by atoms with Crippen LogP contribution in [0.5, 0.6) is 0 Å². The molecule has 0 aliphatic heterocycles. The van der Waals surface area contributed by atoms with Crippen molar-refractivity contribution in [1.29, 1.82) is 0 Å². The zero-order valence-corrected chi connectivity index (χ0v) is 12.7. The Bertz CT molecular complexity index is 455. The summed E-state index contributed by atoms with van der Waals surface area (Å²) < 4.78 is 0. The highest BCUT2D eigenvalue weighted by Crippen LogP contribution is 2.34. The number of hydrogen-bond donors (Lipinski definition) is 2. The molecule has 3 nitrogen and oxygen atoms in total. The molecular weight excluding hydrogens is 248 g/mol. The van der Waals surface area contributed by atoms with Gasteiger partial charge >= 0.3 is 0 Å². The van der Waals surface area contributed by atoms with Gasteiger partial charge in [0.1, 0.15) is 5.54 Å². The summed E-state index contributed by atoms with van der Waals surface area (Å²) in [6.45, 7) is 6.25. The second-order valence-electron chi connectivity index (χ2n) is 6.25. The van der Waals surface area contributed by atoms with Crippen molar-refractivity contribution in [3.63, 3.8) is 0 Å². The van der Waals surface area contributed by atoms with Crippen LogP contribution in [0, 0.1) is 11.8 Å². The Balaban J connectivity index is 2.05. The van der Waals surface area contributed by atoms with E-state index >= 15 is 0 Å². The summed E-state index contributed by atoms with van der Waals surface area (Å²) in [6, 6.07) is 9.85. The van der Waals surface area contributed by atoms with Crippen LogP contribution in [0.15, 0.2) is 30.3 Å².